The van der Waals surface area contributed by atoms with Gasteiger partial charge in [0.1, 0.15) is 0 Å². The van der Waals surface area contributed by atoms with Gasteiger partial charge in [-0.3, -0.25) is 10.00 Å². The number of halogens is 4. The zero-order chi connectivity index (χ0) is 20.5. The molecule has 0 bridgehead atoms. The molecule has 1 heterocycles. The molecule has 0 atom stereocenters. The molecule has 0 aliphatic carbocycles. The molecule has 1 N–H and O–H groups in total. The lowest BCUT2D eigenvalue weighted by atomic mass is 9.99. The number of carbonyl (C=O) groups is 1. The third-order valence-electron chi connectivity index (χ3n) is 3.91. The molecule has 0 aliphatic heterocycles. The number of para-hydroxylation sites is 1. The fraction of sp³-hybridized carbons (Fsp3) is 0.158. The second kappa shape index (κ2) is 7.55. The third kappa shape index (κ3) is 4.28. The summed E-state index contributed by atoms with van der Waals surface area (Å²) in [6, 6.07) is 12.2. The standard InChI is InChI=1S/C19H15ClF3N3O2/c1-11-9-12(20)7-8-13(11)14-5-3-4-6-15(14)24-18(27)28-16-10-26(2)25-17(16)19(21,22)23/h3-10H,1-2H3,(H,24,27). The van der Waals surface area contributed by atoms with Crippen LogP contribution >= 0.6 is 11.6 Å². The zero-order valence-corrected chi connectivity index (χ0v) is 15.6. The smallest absolute Gasteiger partial charge is 0.406 e. The number of aromatic nitrogens is 2. The first kappa shape index (κ1) is 19.8. The van der Waals surface area contributed by atoms with Gasteiger partial charge in [-0.2, -0.15) is 18.3 Å². The summed E-state index contributed by atoms with van der Waals surface area (Å²) >= 11 is 5.98. The van der Waals surface area contributed by atoms with E-state index >= 15 is 0 Å². The van der Waals surface area contributed by atoms with E-state index < -0.39 is 23.7 Å². The van der Waals surface area contributed by atoms with Crippen molar-refractivity contribution in [2.45, 2.75) is 13.1 Å². The molecule has 3 aromatic rings. The highest BCUT2D eigenvalue weighted by molar-refractivity contribution is 6.30. The fourth-order valence-corrected chi connectivity index (χ4v) is 2.96. The Bertz CT molecular complexity index is 1030. The topological polar surface area (TPSA) is 56.1 Å². The van der Waals surface area contributed by atoms with Gasteiger partial charge < -0.3 is 4.74 Å². The van der Waals surface area contributed by atoms with E-state index in [0.29, 0.717) is 16.3 Å². The van der Waals surface area contributed by atoms with Gasteiger partial charge in [-0.15, -0.1) is 0 Å². The molecule has 9 heteroatoms. The zero-order valence-electron chi connectivity index (χ0n) is 14.8. The molecule has 0 saturated heterocycles. The number of nitrogens with zero attached hydrogens (tertiary/aromatic N) is 2. The van der Waals surface area contributed by atoms with Crippen molar-refractivity contribution in [2.24, 2.45) is 7.05 Å². The highest BCUT2D eigenvalue weighted by atomic mass is 35.5. The van der Waals surface area contributed by atoms with E-state index in [1.54, 1.807) is 42.5 Å². The monoisotopic (exact) mass is 409 g/mol. The second-order valence-electron chi connectivity index (χ2n) is 6.03. The number of benzene rings is 2. The summed E-state index contributed by atoms with van der Waals surface area (Å²) < 4.78 is 44.8. The minimum Gasteiger partial charge on any atom is -0.406 e. The summed E-state index contributed by atoms with van der Waals surface area (Å²) in [4.78, 5) is 12.2. The van der Waals surface area contributed by atoms with E-state index in [1.807, 2.05) is 6.92 Å². The van der Waals surface area contributed by atoms with Crippen molar-refractivity contribution in [1.82, 2.24) is 9.78 Å². The largest absolute Gasteiger partial charge is 0.438 e. The summed E-state index contributed by atoms with van der Waals surface area (Å²) in [5, 5.41) is 6.36. The van der Waals surface area contributed by atoms with E-state index in [0.717, 1.165) is 22.0 Å². The summed E-state index contributed by atoms with van der Waals surface area (Å²) in [6.45, 7) is 1.86. The maximum atomic E-state index is 13.0. The van der Waals surface area contributed by atoms with Crippen LogP contribution in [0.2, 0.25) is 5.02 Å². The lowest BCUT2D eigenvalue weighted by Crippen LogP contribution is -2.19. The van der Waals surface area contributed by atoms with Crippen LogP contribution in [0.1, 0.15) is 11.3 Å². The number of carbonyl (C=O) groups excluding carboxylic acids is 1. The Morgan fingerprint density at radius 2 is 1.89 bits per heavy atom. The van der Waals surface area contributed by atoms with Crippen molar-refractivity contribution in [2.75, 3.05) is 5.32 Å². The molecule has 2 aromatic carbocycles. The van der Waals surface area contributed by atoms with Crippen molar-refractivity contribution >= 4 is 23.4 Å². The Labute approximate surface area is 163 Å². The second-order valence-corrected chi connectivity index (χ2v) is 6.47. The molecule has 0 spiro atoms. The molecule has 0 aliphatic rings. The third-order valence-corrected chi connectivity index (χ3v) is 4.14. The van der Waals surface area contributed by atoms with Crippen molar-refractivity contribution in [3.05, 3.63) is 64.9 Å². The SMILES string of the molecule is Cc1cc(Cl)ccc1-c1ccccc1NC(=O)Oc1cn(C)nc1C(F)(F)F. The maximum absolute atomic E-state index is 13.0. The van der Waals surface area contributed by atoms with E-state index in [2.05, 4.69) is 10.4 Å². The average molecular weight is 410 g/mol. The number of aryl methyl sites for hydroxylation is 2. The number of hydrogen-bond donors (Lipinski definition) is 1. The molecule has 5 nitrogen and oxygen atoms in total. The van der Waals surface area contributed by atoms with Crippen LogP contribution in [0.3, 0.4) is 0 Å². The van der Waals surface area contributed by atoms with Gasteiger partial charge in [0.2, 0.25) is 5.69 Å². The van der Waals surface area contributed by atoms with E-state index in [-0.39, 0.29) is 0 Å². The van der Waals surface area contributed by atoms with Gasteiger partial charge in [-0.25, -0.2) is 4.79 Å². The first-order valence-corrected chi connectivity index (χ1v) is 8.48. The van der Waals surface area contributed by atoms with Crippen LogP contribution in [-0.2, 0) is 13.2 Å². The van der Waals surface area contributed by atoms with Gasteiger partial charge in [0, 0.05) is 17.6 Å². The number of anilines is 1. The Morgan fingerprint density at radius 3 is 2.57 bits per heavy atom. The summed E-state index contributed by atoms with van der Waals surface area (Å²) in [5.74, 6) is -0.673. The lowest BCUT2D eigenvalue weighted by molar-refractivity contribution is -0.142. The molecular weight excluding hydrogens is 395 g/mol. The average Bonchev–Trinajstić information content (AvgIpc) is 2.96. The van der Waals surface area contributed by atoms with Gasteiger partial charge in [0.05, 0.1) is 11.9 Å². The van der Waals surface area contributed by atoms with Crippen LogP contribution in [0.25, 0.3) is 11.1 Å². The molecule has 146 valence electrons. The van der Waals surface area contributed by atoms with Crippen molar-refractivity contribution in [3.63, 3.8) is 0 Å². The van der Waals surface area contributed by atoms with Crippen LogP contribution in [0, 0.1) is 6.92 Å². The quantitative estimate of drug-likeness (QED) is 0.605. The van der Waals surface area contributed by atoms with Gasteiger partial charge in [0.15, 0.2) is 5.75 Å². The first-order valence-electron chi connectivity index (χ1n) is 8.10. The van der Waals surface area contributed by atoms with E-state index in [4.69, 9.17) is 16.3 Å². The lowest BCUT2D eigenvalue weighted by Gasteiger charge is -2.13. The fourth-order valence-electron chi connectivity index (χ4n) is 2.73. The number of rotatable bonds is 3. The number of alkyl halides is 3. The number of amides is 1. The van der Waals surface area contributed by atoms with Gasteiger partial charge in [-0.1, -0.05) is 35.9 Å². The summed E-state index contributed by atoms with van der Waals surface area (Å²) in [6.07, 6.45) is -4.81. The first-order chi connectivity index (χ1) is 13.1. The normalized spacial score (nSPS) is 11.4. The van der Waals surface area contributed by atoms with Crippen molar-refractivity contribution in [3.8, 4) is 16.9 Å². The molecule has 3 rings (SSSR count). The van der Waals surface area contributed by atoms with Crippen molar-refractivity contribution in [1.29, 1.82) is 0 Å². The molecule has 1 amide bonds. The number of hydrogen-bond acceptors (Lipinski definition) is 3. The van der Waals surface area contributed by atoms with E-state index in [9.17, 15) is 18.0 Å². The van der Waals surface area contributed by atoms with Gasteiger partial charge in [0.25, 0.3) is 0 Å². The molecule has 0 radical (unpaired) electrons. The highest BCUT2D eigenvalue weighted by Gasteiger charge is 2.38. The highest BCUT2D eigenvalue weighted by Crippen LogP contribution is 2.35. The Hall–Kier alpha value is -3.00. The molecule has 0 saturated carbocycles. The number of ether oxygens (including phenoxy) is 1. The Balaban J connectivity index is 1.87. The predicted molar refractivity (Wildman–Crippen MR) is 99.5 cm³/mol. The van der Waals surface area contributed by atoms with Crippen LogP contribution in [0.4, 0.5) is 23.7 Å². The Kier molecular flexibility index (Phi) is 5.33. The van der Waals surface area contributed by atoms with Crippen LogP contribution in [0.15, 0.2) is 48.7 Å². The molecule has 0 fully saturated rings. The van der Waals surface area contributed by atoms with Gasteiger partial charge >= 0.3 is 12.3 Å². The minimum absolute atomic E-state index is 0.385. The summed E-state index contributed by atoms with van der Waals surface area (Å²) in [7, 11) is 1.30. The van der Waals surface area contributed by atoms with Crippen LogP contribution in [0.5, 0.6) is 5.75 Å². The van der Waals surface area contributed by atoms with Gasteiger partial charge in [-0.05, 0) is 36.2 Å². The van der Waals surface area contributed by atoms with Crippen molar-refractivity contribution < 1.29 is 22.7 Å². The molecule has 0 unspecified atom stereocenters. The summed E-state index contributed by atoms with van der Waals surface area (Å²) in [5.41, 5.74) is 1.48. The van der Waals surface area contributed by atoms with Crippen LogP contribution in [-0.4, -0.2) is 15.9 Å². The Morgan fingerprint density at radius 1 is 1.18 bits per heavy atom. The predicted octanol–water partition coefficient (Wildman–Crippen LogP) is 5.68. The minimum atomic E-state index is -4.74. The van der Waals surface area contributed by atoms with E-state index in [1.165, 1.54) is 7.05 Å². The molecular formula is C19H15ClF3N3O2. The maximum Gasteiger partial charge on any atom is 0.438 e. The molecule has 1 aromatic heterocycles. The van der Waals surface area contributed by atoms with Crippen LogP contribution < -0.4 is 10.1 Å². The number of nitrogens with one attached hydrogen (secondary N) is 1. The molecule has 28 heavy (non-hydrogen) atoms.